The molecule has 2 rings (SSSR count). The first-order chi connectivity index (χ1) is 9.68. The lowest BCUT2D eigenvalue weighted by Crippen LogP contribution is -2.41. The van der Waals surface area contributed by atoms with Crippen LogP contribution < -0.4 is 11.1 Å². The van der Waals surface area contributed by atoms with E-state index in [2.05, 4.69) is 5.32 Å². The van der Waals surface area contributed by atoms with Crippen LogP contribution in [0.4, 0.5) is 0 Å². The first-order valence-corrected chi connectivity index (χ1v) is 6.48. The molecule has 2 aromatic rings. The largest absolute Gasteiger partial charge is 0.381 e. The molecule has 1 amide bonds. The Hall–Kier alpha value is -2.17. The number of benzene rings is 2. The maximum absolute atomic E-state index is 11.9. The highest BCUT2D eigenvalue weighted by Gasteiger charge is 2.23. The van der Waals surface area contributed by atoms with Crippen LogP contribution in [0.1, 0.15) is 17.2 Å². The molecule has 0 saturated carbocycles. The van der Waals surface area contributed by atoms with Crippen molar-refractivity contribution in [3.05, 3.63) is 71.8 Å². The van der Waals surface area contributed by atoms with Crippen LogP contribution in [-0.2, 0) is 11.3 Å². The molecule has 0 aliphatic carbocycles. The third-order valence-corrected chi connectivity index (χ3v) is 3.10. The quantitative estimate of drug-likeness (QED) is 0.768. The molecule has 104 valence electrons. The minimum absolute atomic E-state index is 0.373. The Morgan fingerprint density at radius 1 is 1.05 bits per heavy atom. The van der Waals surface area contributed by atoms with E-state index >= 15 is 0 Å². The van der Waals surface area contributed by atoms with Crippen LogP contribution in [0.25, 0.3) is 0 Å². The first-order valence-electron chi connectivity index (χ1n) is 6.48. The number of carbonyl (C=O) groups excluding carboxylic acids is 1. The summed E-state index contributed by atoms with van der Waals surface area (Å²) in [5.74, 6) is -0.467. The van der Waals surface area contributed by atoms with E-state index in [4.69, 9.17) is 5.73 Å². The molecular weight excluding hydrogens is 252 g/mol. The van der Waals surface area contributed by atoms with Gasteiger partial charge in [-0.3, -0.25) is 4.79 Å². The summed E-state index contributed by atoms with van der Waals surface area (Å²) in [5, 5.41) is 12.7. The Balaban J connectivity index is 1.92. The van der Waals surface area contributed by atoms with Gasteiger partial charge >= 0.3 is 0 Å². The molecule has 0 aliphatic heterocycles. The monoisotopic (exact) mass is 270 g/mol. The number of aliphatic hydroxyl groups is 1. The minimum Gasteiger partial charge on any atom is -0.381 e. The summed E-state index contributed by atoms with van der Waals surface area (Å²) < 4.78 is 0. The zero-order valence-corrected chi connectivity index (χ0v) is 11.1. The number of nitrogens with two attached hydrogens (primary N) is 1. The molecule has 0 spiro atoms. The van der Waals surface area contributed by atoms with Crippen molar-refractivity contribution in [1.29, 1.82) is 0 Å². The second kappa shape index (κ2) is 6.84. The standard InChI is InChI=1S/C16H18N2O2/c17-14(13-9-5-2-6-10-13)15(19)16(20)18-11-12-7-3-1-4-8-12/h1-10,14-15,19H,11,17H2,(H,18,20). The molecule has 0 aromatic heterocycles. The SMILES string of the molecule is NC(c1ccccc1)C(O)C(=O)NCc1ccccc1. The molecule has 0 saturated heterocycles. The molecule has 2 atom stereocenters. The maximum Gasteiger partial charge on any atom is 0.251 e. The normalized spacial score (nSPS) is 13.5. The van der Waals surface area contributed by atoms with Crippen LogP contribution in [0, 0.1) is 0 Å². The van der Waals surface area contributed by atoms with Crippen LogP contribution in [0.15, 0.2) is 60.7 Å². The summed E-state index contributed by atoms with van der Waals surface area (Å²) in [5.41, 5.74) is 7.60. The lowest BCUT2D eigenvalue weighted by Gasteiger charge is -2.18. The van der Waals surface area contributed by atoms with Gasteiger partial charge in [0.1, 0.15) is 0 Å². The van der Waals surface area contributed by atoms with Gasteiger partial charge in [-0.15, -0.1) is 0 Å². The van der Waals surface area contributed by atoms with Crippen molar-refractivity contribution >= 4 is 5.91 Å². The number of rotatable bonds is 5. The number of nitrogens with one attached hydrogen (secondary N) is 1. The fourth-order valence-corrected chi connectivity index (χ4v) is 1.91. The van der Waals surface area contributed by atoms with Gasteiger partial charge in [0.2, 0.25) is 0 Å². The average Bonchev–Trinajstić information content (AvgIpc) is 2.53. The molecule has 0 radical (unpaired) electrons. The molecular formula is C16H18N2O2. The fourth-order valence-electron chi connectivity index (χ4n) is 1.91. The van der Waals surface area contributed by atoms with E-state index in [1.165, 1.54) is 0 Å². The highest BCUT2D eigenvalue weighted by molar-refractivity contribution is 5.81. The van der Waals surface area contributed by atoms with Gasteiger partial charge in [-0.25, -0.2) is 0 Å². The van der Waals surface area contributed by atoms with Crippen LogP contribution in [0.2, 0.25) is 0 Å². The third-order valence-electron chi connectivity index (χ3n) is 3.10. The summed E-state index contributed by atoms with van der Waals surface area (Å²) >= 11 is 0. The fraction of sp³-hybridized carbons (Fsp3) is 0.188. The van der Waals surface area contributed by atoms with Gasteiger partial charge in [-0.2, -0.15) is 0 Å². The first kappa shape index (κ1) is 14.2. The number of hydrogen-bond donors (Lipinski definition) is 3. The molecule has 4 nitrogen and oxygen atoms in total. The highest BCUT2D eigenvalue weighted by atomic mass is 16.3. The number of amides is 1. The van der Waals surface area contributed by atoms with Crippen LogP contribution in [0.3, 0.4) is 0 Å². The van der Waals surface area contributed by atoms with Crippen LogP contribution >= 0.6 is 0 Å². The van der Waals surface area contributed by atoms with Crippen molar-refractivity contribution in [2.24, 2.45) is 5.73 Å². The van der Waals surface area contributed by atoms with Crippen molar-refractivity contribution in [1.82, 2.24) is 5.32 Å². The Kier molecular flexibility index (Phi) is 4.87. The molecule has 0 bridgehead atoms. The van der Waals surface area contributed by atoms with E-state index in [-0.39, 0.29) is 0 Å². The summed E-state index contributed by atoms with van der Waals surface area (Å²) in [4.78, 5) is 11.9. The van der Waals surface area contributed by atoms with Crippen LogP contribution in [-0.4, -0.2) is 17.1 Å². The van der Waals surface area contributed by atoms with Crippen molar-refractivity contribution in [3.8, 4) is 0 Å². The Labute approximate surface area is 118 Å². The molecule has 0 heterocycles. The van der Waals surface area contributed by atoms with Crippen molar-refractivity contribution in [2.75, 3.05) is 0 Å². The second-order valence-electron chi connectivity index (χ2n) is 4.58. The minimum atomic E-state index is -1.26. The number of carbonyl (C=O) groups is 1. The van der Waals surface area contributed by atoms with E-state index < -0.39 is 18.1 Å². The topological polar surface area (TPSA) is 75.3 Å². The van der Waals surface area contributed by atoms with E-state index in [1.54, 1.807) is 12.1 Å². The van der Waals surface area contributed by atoms with Gasteiger partial charge in [0, 0.05) is 6.54 Å². The van der Waals surface area contributed by atoms with E-state index in [0.29, 0.717) is 6.54 Å². The molecule has 0 fully saturated rings. The van der Waals surface area contributed by atoms with Gasteiger partial charge < -0.3 is 16.2 Å². The predicted octanol–water partition coefficient (Wildman–Crippen LogP) is 1.36. The van der Waals surface area contributed by atoms with Gasteiger partial charge in [0.05, 0.1) is 6.04 Å². The Morgan fingerprint density at radius 2 is 1.60 bits per heavy atom. The van der Waals surface area contributed by atoms with E-state index in [9.17, 15) is 9.90 Å². The van der Waals surface area contributed by atoms with Crippen molar-refractivity contribution in [2.45, 2.75) is 18.7 Å². The highest BCUT2D eigenvalue weighted by Crippen LogP contribution is 2.13. The lowest BCUT2D eigenvalue weighted by molar-refractivity contribution is -0.130. The predicted molar refractivity (Wildman–Crippen MR) is 77.7 cm³/mol. The third kappa shape index (κ3) is 3.66. The summed E-state index contributed by atoms with van der Waals surface area (Å²) in [6.45, 7) is 0.373. The van der Waals surface area contributed by atoms with Gasteiger partial charge in [-0.05, 0) is 11.1 Å². The number of hydrogen-bond acceptors (Lipinski definition) is 3. The van der Waals surface area contributed by atoms with E-state index in [1.807, 2.05) is 48.5 Å². The van der Waals surface area contributed by atoms with Gasteiger partial charge in [-0.1, -0.05) is 60.7 Å². The molecule has 20 heavy (non-hydrogen) atoms. The summed E-state index contributed by atoms with van der Waals surface area (Å²) in [6, 6.07) is 17.9. The van der Waals surface area contributed by atoms with Gasteiger partial charge in [0.15, 0.2) is 6.10 Å². The Bertz CT molecular complexity index is 543. The van der Waals surface area contributed by atoms with Crippen molar-refractivity contribution in [3.63, 3.8) is 0 Å². The average molecular weight is 270 g/mol. The second-order valence-corrected chi connectivity index (χ2v) is 4.58. The molecule has 4 N–H and O–H groups in total. The van der Waals surface area contributed by atoms with Crippen molar-refractivity contribution < 1.29 is 9.90 Å². The number of aliphatic hydroxyl groups excluding tert-OH is 1. The molecule has 4 heteroatoms. The van der Waals surface area contributed by atoms with Gasteiger partial charge in [0.25, 0.3) is 5.91 Å². The van der Waals surface area contributed by atoms with E-state index in [0.717, 1.165) is 11.1 Å². The molecule has 2 unspecified atom stereocenters. The smallest absolute Gasteiger partial charge is 0.251 e. The summed E-state index contributed by atoms with van der Waals surface area (Å²) in [7, 11) is 0. The zero-order chi connectivity index (χ0) is 14.4. The molecule has 2 aromatic carbocycles. The maximum atomic E-state index is 11.9. The zero-order valence-electron chi connectivity index (χ0n) is 11.1. The van der Waals surface area contributed by atoms with Crippen LogP contribution in [0.5, 0.6) is 0 Å². The Morgan fingerprint density at radius 3 is 2.20 bits per heavy atom. The lowest BCUT2D eigenvalue weighted by atomic mass is 10.0. The summed E-state index contributed by atoms with van der Waals surface area (Å²) in [6.07, 6.45) is -1.26. The molecule has 0 aliphatic rings.